The molecule has 18 heavy (non-hydrogen) atoms. The molecule has 96 valence electrons. The maximum Gasteiger partial charge on any atom is 0.336 e. The summed E-state index contributed by atoms with van der Waals surface area (Å²) in [5.41, 5.74) is 0.153. The number of aromatic amines is 1. The fraction of sp³-hybridized carbons (Fsp3) is 0.364. The number of hydrogen-bond acceptors (Lipinski definition) is 4. The van der Waals surface area contributed by atoms with Crippen LogP contribution in [0.5, 0.6) is 0 Å². The first-order valence-electron chi connectivity index (χ1n) is 5.39. The topological polar surface area (TPSA) is 67.8 Å². The second-order valence-corrected chi connectivity index (χ2v) is 5.43. The molecule has 0 bridgehead atoms. The Hall–Kier alpha value is -1.40. The second kappa shape index (κ2) is 4.70. The van der Waals surface area contributed by atoms with Gasteiger partial charge in [0.05, 0.1) is 11.3 Å². The molecule has 2 aromatic heterocycles. The van der Waals surface area contributed by atoms with Gasteiger partial charge in [-0.3, -0.25) is 9.78 Å². The zero-order valence-corrected chi connectivity index (χ0v) is 11.7. The van der Waals surface area contributed by atoms with Crippen LogP contribution in [0.15, 0.2) is 15.0 Å². The maximum atomic E-state index is 12.0. The smallest absolute Gasteiger partial charge is 0.297 e. The minimum absolute atomic E-state index is 0.0712. The van der Waals surface area contributed by atoms with Gasteiger partial charge < -0.3 is 0 Å². The van der Waals surface area contributed by atoms with Crippen LogP contribution in [0, 0.1) is 6.92 Å². The molecule has 0 aromatic carbocycles. The first kappa shape index (κ1) is 13.0. The first-order valence-corrected chi connectivity index (χ1v) is 6.64. The van der Waals surface area contributed by atoms with Crippen molar-refractivity contribution < 1.29 is 0 Å². The average Bonchev–Trinajstić information content (AvgIpc) is 2.75. The number of aromatic nitrogens is 3. The minimum atomic E-state index is -0.569. The van der Waals surface area contributed by atoms with E-state index in [1.54, 1.807) is 6.92 Å². The van der Waals surface area contributed by atoms with Crippen molar-refractivity contribution in [3.05, 3.63) is 42.6 Å². The van der Waals surface area contributed by atoms with Crippen LogP contribution in [0.2, 0.25) is 5.15 Å². The van der Waals surface area contributed by atoms with E-state index in [1.165, 1.54) is 11.3 Å². The molecule has 7 heteroatoms. The van der Waals surface area contributed by atoms with Gasteiger partial charge in [0, 0.05) is 5.38 Å². The fourth-order valence-electron chi connectivity index (χ4n) is 1.42. The molecule has 5 nitrogen and oxygen atoms in total. The van der Waals surface area contributed by atoms with Crippen LogP contribution in [-0.4, -0.2) is 14.5 Å². The lowest BCUT2D eigenvalue weighted by atomic mass is 10.2. The Kier molecular flexibility index (Phi) is 3.41. The lowest BCUT2D eigenvalue weighted by Gasteiger charge is -2.03. The molecule has 0 saturated carbocycles. The standard InChI is InChI=1S/C11H12ClN3O2S/c1-5(2)7-4-18-11(13-7)15-9(16)6(3)8(12)14-10(15)17/h4-5H,1-3H3,(H,14,17). The van der Waals surface area contributed by atoms with Crippen molar-refractivity contribution in [1.29, 1.82) is 0 Å². The van der Waals surface area contributed by atoms with E-state index in [0.717, 1.165) is 10.3 Å². The predicted molar refractivity (Wildman–Crippen MR) is 72.2 cm³/mol. The van der Waals surface area contributed by atoms with Crippen molar-refractivity contribution >= 4 is 22.9 Å². The maximum absolute atomic E-state index is 12.0. The third-order valence-electron chi connectivity index (χ3n) is 2.57. The summed E-state index contributed by atoms with van der Waals surface area (Å²) in [4.78, 5) is 30.5. The van der Waals surface area contributed by atoms with Crippen LogP contribution in [0.4, 0.5) is 0 Å². The molecule has 0 aliphatic carbocycles. The molecule has 0 unspecified atom stereocenters. The monoisotopic (exact) mass is 285 g/mol. The number of hydrogen-bond donors (Lipinski definition) is 1. The Morgan fingerprint density at radius 2 is 2.11 bits per heavy atom. The highest BCUT2D eigenvalue weighted by atomic mass is 35.5. The third kappa shape index (κ3) is 2.13. The molecular weight excluding hydrogens is 274 g/mol. The summed E-state index contributed by atoms with van der Waals surface area (Å²) < 4.78 is 1.01. The minimum Gasteiger partial charge on any atom is -0.297 e. The van der Waals surface area contributed by atoms with E-state index < -0.39 is 11.2 Å². The van der Waals surface area contributed by atoms with Gasteiger partial charge in [-0.05, 0) is 12.8 Å². The van der Waals surface area contributed by atoms with Crippen LogP contribution in [0.25, 0.3) is 5.13 Å². The van der Waals surface area contributed by atoms with Gasteiger partial charge in [0.2, 0.25) is 5.13 Å². The van der Waals surface area contributed by atoms with Gasteiger partial charge >= 0.3 is 5.69 Å². The Balaban J connectivity index is 2.68. The van der Waals surface area contributed by atoms with Gasteiger partial charge in [-0.15, -0.1) is 11.3 Å². The number of rotatable bonds is 2. The van der Waals surface area contributed by atoms with Crippen molar-refractivity contribution in [3.63, 3.8) is 0 Å². The highest BCUT2D eigenvalue weighted by Crippen LogP contribution is 2.19. The normalized spacial score (nSPS) is 11.2. The highest BCUT2D eigenvalue weighted by Gasteiger charge is 2.14. The molecule has 2 aromatic rings. The molecule has 1 N–H and O–H groups in total. The summed E-state index contributed by atoms with van der Waals surface area (Å²) in [6.45, 7) is 5.56. The Bertz CT molecular complexity index is 699. The molecule has 0 atom stereocenters. The molecule has 0 saturated heterocycles. The molecule has 0 spiro atoms. The van der Waals surface area contributed by atoms with Crippen LogP contribution in [0.3, 0.4) is 0 Å². The van der Waals surface area contributed by atoms with Crippen LogP contribution < -0.4 is 11.2 Å². The summed E-state index contributed by atoms with van der Waals surface area (Å²) in [5, 5.41) is 2.28. The van der Waals surface area contributed by atoms with Gasteiger partial charge in [-0.2, -0.15) is 0 Å². The van der Waals surface area contributed by atoms with Crippen molar-refractivity contribution in [1.82, 2.24) is 14.5 Å². The SMILES string of the molecule is Cc1c(Cl)[nH]c(=O)n(-c2nc(C(C)C)cs2)c1=O. The molecule has 0 aliphatic rings. The van der Waals surface area contributed by atoms with Crippen LogP contribution >= 0.6 is 22.9 Å². The van der Waals surface area contributed by atoms with E-state index in [2.05, 4.69) is 9.97 Å². The number of halogens is 1. The van der Waals surface area contributed by atoms with Crippen LogP contribution in [-0.2, 0) is 0 Å². The van der Waals surface area contributed by atoms with Gasteiger partial charge in [-0.25, -0.2) is 14.3 Å². The summed E-state index contributed by atoms with van der Waals surface area (Å²) in [5.74, 6) is 0.248. The van der Waals surface area contributed by atoms with Crippen molar-refractivity contribution in [2.24, 2.45) is 0 Å². The van der Waals surface area contributed by atoms with Crippen LogP contribution in [0.1, 0.15) is 31.0 Å². The fourth-order valence-corrected chi connectivity index (χ4v) is 2.56. The van der Waals surface area contributed by atoms with E-state index in [0.29, 0.717) is 10.7 Å². The lowest BCUT2D eigenvalue weighted by molar-refractivity contribution is 0.803. The summed E-state index contributed by atoms with van der Waals surface area (Å²) in [6.07, 6.45) is 0. The highest BCUT2D eigenvalue weighted by molar-refractivity contribution is 7.12. The van der Waals surface area contributed by atoms with Crippen molar-refractivity contribution in [2.75, 3.05) is 0 Å². The largest absolute Gasteiger partial charge is 0.336 e. The first-order chi connectivity index (χ1) is 8.41. The van der Waals surface area contributed by atoms with E-state index in [1.807, 2.05) is 19.2 Å². The molecular formula is C11H12ClN3O2S. The van der Waals surface area contributed by atoms with E-state index in [-0.39, 0.29) is 11.1 Å². The summed E-state index contributed by atoms with van der Waals surface area (Å²) in [7, 11) is 0. The number of nitrogens with zero attached hydrogens (tertiary/aromatic N) is 2. The van der Waals surface area contributed by atoms with E-state index in [4.69, 9.17) is 11.6 Å². The molecule has 0 fully saturated rings. The Morgan fingerprint density at radius 3 is 2.67 bits per heavy atom. The van der Waals surface area contributed by atoms with Crippen molar-refractivity contribution in [3.8, 4) is 5.13 Å². The molecule has 2 rings (SSSR count). The van der Waals surface area contributed by atoms with E-state index >= 15 is 0 Å². The van der Waals surface area contributed by atoms with Gasteiger partial charge in [0.25, 0.3) is 5.56 Å². The zero-order valence-electron chi connectivity index (χ0n) is 10.2. The number of nitrogens with one attached hydrogen (secondary N) is 1. The Labute approximate surface area is 112 Å². The molecule has 0 aliphatic heterocycles. The lowest BCUT2D eigenvalue weighted by Crippen LogP contribution is -2.35. The number of thiazole rings is 1. The van der Waals surface area contributed by atoms with Gasteiger partial charge in [-0.1, -0.05) is 25.4 Å². The zero-order chi connectivity index (χ0) is 13.4. The quantitative estimate of drug-likeness (QED) is 0.859. The molecule has 0 radical (unpaired) electrons. The summed E-state index contributed by atoms with van der Waals surface area (Å²) >= 11 is 7.01. The molecule has 2 heterocycles. The third-order valence-corrected chi connectivity index (χ3v) is 3.79. The predicted octanol–water partition coefficient (Wildman–Crippen LogP) is 2.07. The summed E-state index contributed by atoms with van der Waals surface area (Å²) in [6, 6.07) is 0. The average molecular weight is 286 g/mol. The second-order valence-electron chi connectivity index (χ2n) is 4.22. The van der Waals surface area contributed by atoms with E-state index in [9.17, 15) is 9.59 Å². The molecule has 0 amide bonds. The Morgan fingerprint density at radius 1 is 1.44 bits per heavy atom. The van der Waals surface area contributed by atoms with Crippen molar-refractivity contribution in [2.45, 2.75) is 26.7 Å². The van der Waals surface area contributed by atoms with Gasteiger partial charge in [0.15, 0.2) is 0 Å². The number of H-pyrrole nitrogens is 1. The van der Waals surface area contributed by atoms with Gasteiger partial charge in [0.1, 0.15) is 5.15 Å².